The molecule has 5 nitrogen and oxygen atoms in total. The van der Waals surface area contributed by atoms with Crippen LogP contribution in [0.1, 0.15) is 30.6 Å². The molecule has 1 N–H and O–H groups in total. The summed E-state index contributed by atoms with van der Waals surface area (Å²) in [6, 6.07) is 1.66. The second-order valence-electron chi connectivity index (χ2n) is 4.36. The molecule has 0 aliphatic rings. The molecule has 0 saturated heterocycles. The highest BCUT2D eigenvalue weighted by Gasteiger charge is 2.15. The van der Waals surface area contributed by atoms with Gasteiger partial charge in [0.25, 0.3) is 5.91 Å². The van der Waals surface area contributed by atoms with Gasteiger partial charge in [-0.15, -0.1) is 0 Å². The second-order valence-corrected chi connectivity index (χ2v) is 4.77. The lowest BCUT2D eigenvalue weighted by Gasteiger charge is -2.20. The van der Waals surface area contributed by atoms with Gasteiger partial charge < -0.3 is 15.0 Å². The Labute approximate surface area is 125 Å². The lowest BCUT2D eigenvalue weighted by atomic mass is 10.2. The average molecular weight is 300 g/mol. The maximum Gasteiger partial charge on any atom is 0.255 e. The number of aromatic nitrogens is 1. The number of carbonyl (C=O) groups is 1. The number of hydrogen-bond acceptors (Lipinski definition) is 4. The van der Waals surface area contributed by atoms with Crippen molar-refractivity contribution in [1.82, 2.24) is 9.88 Å². The molecule has 1 rings (SSSR count). The highest BCUT2D eigenvalue weighted by atomic mass is 35.5. The maximum atomic E-state index is 12.3. The monoisotopic (exact) mass is 299 g/mol. The first kappa shape index (κ1) is 16.7. The normalized spacial score (nSPS) is 10.4. The molecule has 0 saturated carbocycles. The molecule has 0 spiro atoms. The standard InChI is InChI=1S/C14H22ClN3O2/c1-4-6-16-13-12(15)9-11(10-17-13)14(19)18(5-2)7-8-20-3/h9-10H,4-8H2,1-3H3,(H,16,17). The van der Waals surface area contributed by atoms with Crippen LogP contribution in [-0.2, 0) is 4.74 Å². The molecule has 1 amide bonds. The number of methoxy groups -OCH3 is 1. The summed E-state index contributed by atoms with van der Waals surface area (Å²) in [7, 11) is 1.62. The molecule has 20 heavy (non-hydrogen) atoms. The summed E-state index contributed by atoms with van der Waals surface area (Å²) in [6.45, 7) is 6.48. The Bertz CT molecular complexity index is 440. The van der Waals surface area contributed by atoms with E-state index < -0.39 is 0 Å². The van der Waals surface area contributed by atoms with E-state index in [1.54, 1.807) is 24.3 Å². The quantitative estimate of drug-likeness (QED) is 0.802. The Kier molecular flexibility index (Phi) is 7.33. The minimum Gasteiger partial charge on any atom is -0.383 e. The van der Waals surface area contributed by atoms with Crippen LogP contribution in [0.5, 0.6) is 0 Å². The number of carbonyl (C=O) groups excluding carboxylic acids is 1. The number of ether oxygens (including phenoxy) is 1. The summed E-state index contributed by atoms with van der Waals surface area (Å²) in [6.07, 6.45) is 2.54. The van der Waals surface area contributed by atoms with Crippen molar-refractivity contribution in [1.29, 1.82) is 0 Å². The van der Waals surface area contributed by atoms with E-state index >= 15 is 0 Å². The fraction of sp³-hybridized carbons (Fsp3) is 0.571. The van der Waals surface area contributed by atoms with Crippen molar-refractivity contribution >= 4 is 23.3 Å². The first-order valence-corrected chi connectivity index (χ1v) is 7.19. The molecule has 6 heteroatoms. The molecule has 0 unspecified atom stereocenters. The smallest absolute Gasteiger partial charge is 0.255 e. The van der Waals surface area contributed by atoms with Crippen molar-refractivity contribution in [2.75, 3.05) is 38.7 Å². The number of rotatable bonds is 8. The van der Waals surface area contributed by atoms with E-state index in [-0.39, 0.29) is 5.91 Å². The number of nitrogens with zero attached hydrogens (tertiary/aromatic N) is 2. The van der Waals surface area contributed by atoms with Crippen molar-refractivity contribution in [3.63, 3.8) is 0 Å². The van der Waals surface area contributed by atoms with Gasteiger partial charge >= 0.3 is 0 Å². The lowest BCUT2D eigenvalue weighted by molar-refractivity contribution is 0.0706. The van der Waals surface area contributed by atoms with Crippen molar-refractivity contribution in [3.8, 4) is 0 Å². The number of likely N-dealkylation sites (N-methyl/N-ethyl adjacent to an activating group) is 1. The summed E-state index contributed by atoms with van der Waals surface area (Å²) in [4.78, 5) is 18.2. The van der Waals surface area contributed by atoms with Crippen molar-refractivity contribution in [2.45, 2.75) is 20.3 Å². The highest BCUT2D eigenvalue weighted by molar-refractivity contribution is 6.33. The van der Waals surface area contributed by atoms with Gasteiger partial charge in [0.05, 0.1) is 17.2 Å². The molecule has 0 bridgehead atoms. The van der Waals surface area contributed by atoms with Gasteiger partial charge in [-0.25, -0.2) is 4.98 Å². The fourth-order valence-electron chi connectivity index (χ4n) is 1.72. The molecule has 0 atom stereocenters. The Hall–Kier alpha value is -1.33. The van der Waals surface area contributed by atoms with Crippen LogP contribution >= 0.6 is 11.6 Å². The van der Waals surface area contributed by atoms with E-state index in [2.05, 4.69) is 17.2 Å². The highest BCUT2D eigenvalue weighted by Crippen LogP contribution is 2.20. The second kappa shape index (κ2) is 8.76. The SMILES string of the molecule is CCCNc1ncc(C(=O)N(CC)CCOC)cc1Cl. The Balaban J connectivity index is 2.79. The van der Waals surface area contributed by atoms with Crippen LogP contribution < -0.4 is 5.32 Å². The molecule has 1 aromatic rings. The predicted octanol–water partition coefficient (Wildman–Crippen LogP) is 2.67. The van der Waals surface area contributed by atoms with E-state index in [4.69, 9.17) is 16.3 Å². The predicted molar refractivity (Wildman–Crippen MR) is 81.5 cm³/mol. The maximum absolute atomic E-state index is 12.3. The zero-order valence-electron chi connectivity index (χ0n) is 12.3. The number of pyridine rings is 1. The van der Waals surface area contributed by atoms with Gasteiger partial charge in [0.15, 0.2) is 0 Å². The third-order valence-electron chi connectivity index (χ3n) is 2.86. The van der Waals surface area contributed by atoms with Crippen LogP contribution in [0, 0.1) is 0 Å². The lowest BCUT2D eigenvalue weighted by Crippen LogP contribution is -2.33. The van der Waals surface area contributed by atoms with Crippen LogP contribution in [0.25, 0.3) is 0 Å². The Morgan fingerprint density at radius 1 is 1.50 bits per heavy atom. The van der Waals surface area contributed by atoms with Gasteiger partial charge in [0, 0.05) is 32.9 Å². The number of anilines is 1. The fourth-order valence-corrected chi connectivity index (χ4v) is 1.95. The molecule has 112 valence electrons. The number of hydrogen-bond donors (Lipinski definition) is 1. The van der Waals surface area contributed by atoms with Crippen molar-refractivity contribution in [2.24, 2.45) is 0 Å². The number of amides is 1. The molecule has 0 fully saturated rings. The third kappa shape index (κ3) is 4.65. The summed E-state index contributed by atoms with van der Waals surface area (Å²) >= 11 is 6.14. The van der Waals surface area contributed by atoms with Crippen LogP contribution in [0.15, 0.2) is 12.3 Å². The van der Waals surface area contributed by atoms with Crippen LogP contribution in [0.2, 0.25) is 5.02 Å². The van der Waals surface area contributed by atoms with E-state index in [9.17, 15) is 4.79 Å². The van der Waals surface area contributed by atoms with Gasteiger partial charge in [-0.2, -0.15) is 0 Å². The zero-order chi connectivity index (χ0) is 15.0. The largest absolute Gasteiger partial charge is 0.383 e. The summed E-state index contributed by atoms with van der Waals surface area (Å²) < 4.78 is 5.00. The Morgan fingerprint density at radius 3 is 2.80 bits per heavy atom. The topological polar surface area (TPSA) is 54.5 Å². The van der Waals surface area contributed by atoms with Gasteiger partial charge in [-0.1, -0.05) is 18.5 Å². The van der Waals surface area contributed by atoms with Crippen molar-refractivity contribution in [3.05, 3.63) is 22.8 Å². The van der Waals surface area contributed by atoms with E-state index in [1.807, 2.05) is 6.92 Å². The average Bonchev–Trinajstić information content (AvgIpc) is 2.46. The van der Waals surface area contributed by atoms with Gasteiger partial charge in [0.1, 0.15) is 5.82 Å². The van der Waals surface area contributed by atoms with E-state index in [0.717, 1.165) is 13.0 Å². The van der Waals surface area contributed by atoms with Crippen LogP contribution in [0.4, 0.5) is 5.82 Å². The van der Waals surface area contributed by atoms with Gasteiger partial charge in [-0.3, -0.25) is 4.79 Å². The molecule has 0 aromatic carbocycles. The third-order valence-corrected chi connectivity index (χ3v) is 3.15. The molecular weight excluding hydrogens is 278 g/mol. The zero-order valence-corrected chi connectivity index (χ0v) is 13.0. The Morgan fingerprint density at radius 2 is 2.25 bits per heavy atom. The molecule has 1 aromatic heterocycles. The molecular formula is C14H22ClN3O2. The first-order chi connectivity index (χ1) is 9.63. The minimum absolute atomic E-state index is 0.0824. The van der Waals surface area contributed by atoms with Crippen molar-refractivity contribution < 1.29 is 9.53 Å². The molecule has 1 heterocycles. The minimum atomic E-state index is -0.0824. The van der Waals surface area contributed by atoms with Gasteiger partial charge in [-0.05, 0) is 19.4 Å². The summed E-state index contributed by atoms with van der Waals surface area (Å²) in [5, 5.41) is 3.58. The van der Waals surface area contributed by atoms with Gasteiger partial charge in [0.2, 0.25) is 0 Å². The van der Waals surface area contributed by atoms with E-state index in [1.165, 1.54) is 0 Å². The van der Waals surface area contributed by atoms with E-state index in [0.29, 0.717) is 36.1 Å². The summed E-state index contributed by atoms with van der Waals surface area (Å²) in [5.74, 6) is 0.533. The number of halogens is 1. The van der Waals surface area contributed by atoms with Crippen LogP contribution in [-0.4, -0.2) is 49.1 Å². The number of nitrogens with one attached hydrogen (secondary N) is 1. The molecule has 0 radical (unpaired) electrons. The van der Waals surface area contributed by atoms with Crippen LogP contribution in [0.3, 0.4) is 0 Å². The summed E-state index contributed by atoms with van der Waals surface area (Å²) in [5.41, 5.74) is 0.495. The first-order valence-electron chi connectivity index (χ1n) is 6.81. The molecule has 0 aliphatic heterocycles. The molecule has 0 aliphatic carbocycles.